The van der Waals surface area contributed by atoms with Crippen molar-refractivity contribution in [1.29, 1.82) is 0 Å². The van der Waals surface area contributed by atoms with Crippen molar-refractivity contribution in [2.75, 3.05) is 17.7 Å². The highest BCUT2D eigenvalue weighted by Crippen LogP contribution is 2.22. The summed E-state index contributed by atoms with van der Waals surface area (Å²) in [6, 6.07) is 3.95. The number of thiophene rings is 1. The van der Waals surface area contributed by atoms with Crippen LogP contribution in [0.2, 0.25) is 0 Å². The zero-order valence-electron chi connectivity index (χ0n) is 8.72. The fourth-order valence-corrected chi connectivity index (χ4v) is 2.83. The number of aromatic nitrogens is 2. The first-order valence-electron chi connectivity index (χ1n) is 4.68. The fraction of sp³-hybridized carbons (Fsp3) is 0.200. The van der Waals surface area contributed by atoms with Crippen molar-refractivity contribution in [2.45, 2.75) is 6.54 Å². The summed E-state index contributed by atoms with van der Waals surface area (Å²) in [4.78, 5) is 11.3. The van der Waals surface area contributed by atoms with Crippen LogP contribution in [0, 0.1) is 0 Å². The molecule has 2 aromatic heterocycles. The van der Waals surface area contributed by atoms with Crippen LogP contribution in [0.5, 0.6) is 0 Å². The Morgan fingerprint density at radius 3 is 3.00 bits per heavy atom. The van der Waals surface area contributed by atoms with Crippen LogP contribution in [0.25, 0.3) is 0 Å². The molecule has 0 aliphatic rings. The maximum absolute atomic E-state index is 5.54. The van der Waals surface area contributed by atoms with E-state index < -0.39 is 0 Å². The standard InChI is InChI=1S/C10H11BrN4S/c1-15(5-8-4-7(11)6-16-8)9-2-3-13-10(12)14-9/h2-4,6H,5H2,1H3,(H2,12,13,14). The summed E-state index contributed by atoms with van der Waals surface area (Å²) in [5, 5.41) is 2.07. The maximum atomic E-state index is 5.54. The molecule has 0 saturated carbocycles. The van der Waals surface area contributed by atoms with E-state index in [0.29, 0.717) is 5.95 Å². The highest BCUT2D eigenvalue weighted by Gasteiger charge is 2.05. The number of rotatable bonds is 3. The number of nitrogens with two attached hydrogens (primary N) is 1. The molecule has 0 amide bonds. The van der Waals surface area contributed by atoms with Crippen LogP contribution in [0.1, 0.15) is 4.88 Å². The molecule has 16 heavy (non-hydrogen) atoms. The van der Waals surface area contributed by atoms with E-state index in [1.807, 2.05) is 18.0 Å². The lowest BCUT2D eigenvalue weighted by molar-refractivity contribution is 0.907. The molecule has 0 saturated heterocycles. The normalized spacial score (nSPS) is 10.4. The molecule has 2 rings (SSSR count). The van der Waals surface area contributed by atoms with E-state index in [1.165, 1.54) is 4.88 Å². The molecular formula is C10H11BrN4S. The van der Waals surface area contributed by atoms with Crippen molar-refractivity contribution in [1.82, 2.24) is 9.97 Å². The van der Waals surface area contributed by atoms with Crippen molar-refractivity contribution >= 4 is 39.0 Å². The summed E-state index contributed by atoms with van der Waals surface area (Å²) < 4.78 is 1.11. The number of halogens is 1. The van der Waals surface area contributed by atoms with Crippen LogP contribution in [0.15, 0.2) is 28.2 Å². The predicted octanol–water partition coefficient (Wildman–Crippen LogP) is 2.52. The smallest absolute Gasteiger partial charge is 0.221 e. The first kappa shape index (κ1) is 11.3. The SMILES string of the molecule is CN(Cc1cc(Br)cs1)c1ccnc(N)n1. The van der Waals surface area contributed by atoms with Gasteiger partial charge < -0.3 is 10.6 Å². The van der Waals surface area contributed by atoms with Crippen LogP contribution >= 0.6 is 27.3 Å². The van der Waals surface area contributed by atoms with Gasteiger partial charge in [0.15, 0.2) is 0 Å². The average molecular weight is 299 g/mol. The highest BCUT2D eigenvalue weighted by molar-refractivity contribution is 9.10. The number of nitrogens with zero attached hydrogens (tertiary/aromatic N) is 3. The second-order valence-electron chi connectivity index (χ2n) is 3.36. The van der Waals surface area contributed by atoms with Crippen molar-refractivity contribution < 1.29 is 0 Å². The zero-order valence-corrected chi connectivity index (χ0v) is 11.1. The molecule has 6 heteroatoms. The molecule has 2 aromatic rings. The Hall–Kier alpha value is -1.14. The summed E-state index contributed by atoms with van der Waals surface area (Å²) >= 11 is 5.15. The molecule has 0 aromatic carbocycles. The largest absolute Gasteiger partial charge is 0.368 e. The lowest BCUT2D eigenvalue weighted by Gasteiger charge is -2.16. The van der Waals surface area contributed by atoms with Gasteiger partial charge in [-0.1, -0.05) is 0 Å². The van der Waals surface area contributed by atoms with Crippen LogP contribution in [0.4, 0.5) is 11.8 Å². The van der Waals surface area contributed by atoms with Gasteiger partial charge in [-0.25, -0.2) is 4.98 Å². The van der Waals surface area contributed by atoms with Gasteiger partial charge in [-0.3, -0.25) is 0 Å². The molecule has 2 N–H and O–H groups in total. The van der Waals surface area contributed by atoms with Crippen LogP contribution in [-0.4, -0.2) is 17.0 Å². The van der Waals surface area contributed by atoms with Gasteiger partial charge >= 0.3 is 0 Å². The summed E-state index contributed by atoms with van der Waals surface area (Å²) in [6.07, 6.45) is 1.67. The molecule has 0 aliphatic carbocycles. The number of hydrogen-bond acceptors (Lipinski definition) is 5. The Kier molecular flexibility index (Phi) is 3.40. The second kappa shape index (κ2) is 4.80. The second-order valence-corrected chi connectivity index (χ2v) is 5.27. The summed E-state index contributed by atoms with van der Waals surface area (Å²) in [6.45, 7) is 0.812. The highest BCUT2D eigenvalue weighted by atomic mass is 79.9. The third-order valence-corrected chi connectivity index (χ3v) is 3.75. The van der Waals surface area contributed by atoms with Gasteiger partial charge in [0.05, 0.1) is 6.54 Å². The lowest BCUT2D eigenvalue weighted by Crippen LogP contribution is -2.17. The summed E-state index contributed by atoms with van der Waals surface area (Å²) in [5.41, 5.74) is 5.54. The van der Waals surface area contributed by atoms with E-state index in [-0.39, 0.29) is 0 Å². The number of anilines is 2. The van der Waals surface area contributed by atoms with E-state index in [1.54, 1.807) is 17.5 Å². The Morgan fingerprint density at radius 2 is 2.38 bits per heavy atom. The predicted molar refractivity (Wildman–Crippen MR) is 70.6 cm³/mol. The molecular weight excluding hydrogens is 288 g/mol. The first-order valence-corrected chi connectivity index (χ1v) is 6.35. The van der Waals surface area contributed by atoms with E-state index >= 15 is 0 Å². The topological polar surface area (TPSA) is 55.0 Å². The molecule has 2 heterocycles. The van der Waals surface area contributed by atoms with E-state index in [4.69, 9.17) is 5.73 Å². The third-order valence-electron chi connectivity index (χ3n) is 2.07. The van der Waals surface area contributed by atoms with Gasteiger partial charge in [-0.15, -0.1) is 11.3 Å². The zero-order chi connectivity index (χ0) is 11.5. The minimum absolute atomic E-state index is 0.303. The minimum Gasteiger partial charge on any atom is -0.368 e. The van der Waals surface area contributed by atoms with Crippen molar-refractivity contribution in [3.05, 3.63) is 33.1 Å². The minimum atomic E-state index is 0.303. The van der Waals surface area contributed by atoms with E-state index in [2.05, 4.69) is 37.3 Å². The van der Waals surface area contributed by atoms with Gasteiger partial charge in [0.1, 0.15) is 5.82 Å². The van der Waals surface area contributed by atoms with Crippen LogP contribution in [0.3, 0.4) is 0 Å². The molecule has 0 atom stereocenters. The Morgan fingerprint density at radius 1 is 1.56 bits per heavy atom. The Balaban J connectivity index is 2.11. The molecule has 4 nitrogen and oxygen atoms in total. The molecule has 0 aliphatic heterocycles. The lowest BCUT2D eigenvalue weighted by atomic mass is 10.4. The average Bonchev–Trinajstić information content (AvgIpc) is 2.64. The molecule has 84 valence electrons. The monoisotopic (exact) mass is 298 g/mol. The molecule has 0 fully saturated rings. The van der Waals surface area contributed by atoms with Gasteiger partial charge in [0, 0.05) is 28.0 Å². The van der Waals surface area contributed by atoms with Crippen LogP contribution < -0.4 is 10.6 Å². The van der Waals surface area contributed by atoms with Gasteiger partial charge in [-0.05, 0) is 28.1 Å². The van der Waals surface area contributed by atoms with Crippen molar-refractivity contribution in [3.8, 4) is 0 Å². The summed E-state index contributed by atoms with van der Waals surface area (Å²) in [5.74, 6) is 1.13. The molecule has 0 unspecified atom stereocenters. The number of nitrogen functional groups attached to an aromatic ring is 1. The molecule has 0 radical (unpaired) electrons. The molecule has 0 bridgehead atoms. The molecule has 0 spiro atoms. The first-order chi connectivity index (χ1) is 7.65. The third kappa shape index (κ3) is 2.70. The van der Waals surface area contributed by atoms with E-state index in [9.17, 15) is 0 Å². The van der Waals surface area contributed by atoms with Crippen molar-refractivity contribution in [2.24, 2.45) is 0 Å². The van der Waals surface area contributed by atoms with Crippen molar-refractivity contribution in [3.63, 3.8) is 0 Å². The van der Waals surface area contributed by atoms with E-state index in [0.717, 1.165) is 16.8 Å². The van der Waals surface area contributed by atoms with Gasteiger partial charge in [0.25, 0.3) is 0 Å². The van der Waals surface area contributed by atoms with Gasteiger partial charge in [0.2, 0.25) is 5.95 Å². The van der Waals surface area contributed by atoms with Gasteiger partial charge in [-0.2, -0.15) is 4.98 Å². The summed E-state index contributed by atoms with van der Waals surface area (Å²) in [7, 11) is 1.98. The fourth-order valence-electron chi connectivity index (χ4n) is 1.33. The quantitative estimate of drug-likeness (QED) is 0.946. The Labute approximate surface area is 106 Å². The number of hydrogen-bond donors (Lipinski definition) is 1. The van der Waals surface area contributed by atoms with Crippen LogP contribution in [-0.2, 0) is 6.54 Å². The maximum Gasteiger partial charge on any atom is 0.221 e. The Bertz CT molecular complexity index is 485.